The van der Waals surface area contributed by atoms with E-state index in [1.54, 1.807) is 6.20 Å². The van der Waals surface area contributed by atoms with Gasteiger partial charge in [0, 0.05) is 26.2 Å². The fraction of sp³-hybridized carbons (Fsp3) is 0.500. The van der Waals surface area contributed by atoms with Gasteiger partial charge >= 0.3 is 5.97 Å². The summed E-state index contributed by atoms with van der Waals surface area (Å²) in [5.74, 6) is 0.341. The molecule has 0 unspecified atom stereocenters. The largest absolute Gasteiger partial charge is 0.464 e. The highest BCUT2D eigenvalue weighted by molar-refractivity contribution is 5.86. The molecule has 9 heteroatoms. The molecule has 1 aliphatic heterocycles. The lowest BCUT2D eigenvalue weighted by Crippen LogP contribution is -2.43. The van der Waals surface area contributed by atoms with Gasteiger partial charge < -0.3 is 15.0 Å². The van der Waals surface area contributed by atoms with Crippen molar-refractivity contribution in [3.05, 3.63) is 18.1 Å². The van der Waals surface area contributed by atoms with Crippen molar-refractivity contribution in [3.63, 3.8) is 0 Å². The highest BCUT2D eigenvalue weighted by atomic mass is 35.5. The Bertz CT molecular complexity index is 372. The average molecular weight is 332 g/mol. The number of rotatable bonds is 2. The van der Waals surface area contributed by atoms with Crippen molar-refractivity contribution in [2.75, 3.05) is 38.2 Å². The number of nitrogens with one attached hydrogen (secondary N) is 1. The summed E-state index contributed by atoms with van der Waals surface area (Å²) < 4.78 is 4.56. The first kappa shape index (κ1) is 20.5. The second-order valence-corrected chi connectivity index (χ2v) is 3.49. The molecule has 2 rings (SSSR count). The smallest absolute Gasteiger partial charge is 0.358 e. The number of aromatic nitrogens is 2. The number of halogens is 3. The zero-order valence-electron chi connectivity index (χ0n) is 10.4. The Morgan fingerprint density at radius 1 is 1.21 bits per heavy atom. The lowest BCUT2D eigenvalue weighted by Gasteiger charge is -2.27. The number of hydrogen-bond donors (Lipinski definition) is 1. The molecular formula is C10H17Cl3N4O2. The quantitative estimate of drug-likeness (QED) is 0.814. The van der Waals surface area contributed by atoms with Crippen LogP contribution in [0.1, 0.15) is 10.5 Å². The van der Waals surface area contributed by atoms with E-state index in [2.05, 4.69) is 24.9 Å². The van der Waals surface area contributed by atoms with Crippen LogP contribution in [0, 0.1) is 0 Å². The molecular weight excluding hydrogens is 314 g/mol. The summed E-state index contributed by atoms with van der Waals surface area (Å²) in [7, 11) is 1.33. The van der Waals surface area contributed by atoms with Gasteiger partial charge in [0.1, 0.15) is 5.82 Å². The minimum atomic E-state index is -0.459. The summed E-state index contributed by atoms with van der Waals surface area (Å²) in [6, 6.07) is 0. The molecule has 19 heavy (non-hydrogen) atoms. The number of methoxy groups -OCH3 is 1. The summed E-state index contributed by atoms with van der Waals surface area (Å²) in [6.07, 6.45) is 3.06. The summed E-state index contributed by atoms with van der Waals surface area (Å²) in [5.41, 5.74) is 0.237. The summed E-state index contributed by atoms with van der Waals surface area (Å²) in [6.45, 7) is 3.71. The molecule has 1 aliphatic rings. The van der Waals surface area contributed by atoms with Crippen LogP contribution in [0.4, 0.5) is 5.82 Å². The minimum absolute atomic E-state index is 0. The van der Waals surface area contributed by atoms with Crippen LogP contribution in [0.3, 0.4) is 0 Å². The standard InChI is InChI=1S/C10H14N4O2.3ClH/c1-16-10(15)8-6-13-9(7-12-8)14-4-2-11-3-5-14;;;/h6-7,11H,2-5H2,1H3;3*1H. The zero-order chi connectivity index (χ0) is 11.4. The van der Waals surface area contributed by atoms with Crippen molar-refractivity contribution in [2.45, 2.75) is 0 Å². The number of piperazine rings is 1. The maximum absolute atomic E-state index is 11.2. The predicted molar refractivity (Wildman–Crippen MR) is 80.2 cm³/mol. The molecule has 0 amide bonds. The second kappa shape index (κ2) is 10.0. The Morgan fingerprint density at radius 2 is 1.84 bits per heavy atom. The van der Waals surface area contributed by atoms with E-state index in [9.17, 15) is 4.79 Å². The first-order valence-electron chi connectivity index (χ1n) is 5.17. The lowest BCUT2D eigenvalue weighted by atomic mass is 10.3. The summed E-state index contributed by atoms with van der Waals surface area (Å²) in [4.78, 5) is 21.5. The van der Waals surface area contributed by atoms with Crippen molar-refractivity contribution >= 4 is 49.0 Å². The Labute approximate surface area is 130 Å². The van der Waals surface area contributed by atoms with Crippen molar-refractivity contribution < 1.29 is 9.53 Å². The molecule has 1 N–H and O–H groups in total. The van der Waals surface area contributed by atoms with Crippen LogP contribution in [0.15, 0.2) is 12.4 Å². The maximum atomic E-state index is 11.2. The lowest BCUT2D eigenvalue weighted by molar-refractivity contribution is 0.0593. The van der Waals surface area contributed by atoms with Crippen LogP contribution in [0.2, 0.25) is 0 Å². The average Bonchev–Trinajstić information content (AvgIpc) is 2.39. The van der Waals surface area contributed by atoms with Gasteiger partial charge in [0.05, 0.1) is 19.5 Å². The topological polar surface area (TPSA) is 67.3 Å². The molecule has 1 fully saturated rings. The molecule has 0 bridgehead atoms. The highest BCUT2D eigenvalue weighted by Crippen LogP contribution is 2.09. The Morgan fingerprint density at radius 3 is 2.32 bits per heavy atom. The van der Waals surface area contributed by atoms with Crippen LogP contribution in [-0.4, -0.2) is 49.2 Å². The molecule has 0 saturated carbocycles. The number of carbonyl (C=O) groups is 1. The first-order chi connectivity index (χ1) is 7.81. The monoisotopic (exact) mass is 330 g/mol. The molecule has 0 aromatic carbocycles. The fourth-order valence-electron chi connectivity index (χ4n) is 1.59. The third kappa shape index (κ3) is 5.36. The minimum Gasteiger partial charge on any atom is -0.464 e. The number of anilines is 1. The van der Waals surface area contributed by atoms with E-state index in [1.165, 1.54) is 13.3 Å². The van der Waals surface area contributed by atoms with Crippen LogP contribution >= 0.6 is 37.2 Å². The Balaban J connectivity index is 0. The Hall–Kier alpha value is -0.820. The first-order valence-corrected chi connectivity index (χ1v) is 5.17. The molecule has 0 spiro atoms. The number of esters is 1. The van der Waals surface area contributed by atoms with Gasteiger partial charge in [0.2, 0.25) is 0 Å². The molecule has 0 atom stereocenters. The summed E-state index contributed by atoms with van der Waals surface area (Å²) in [5, 5.41) is 3.26. The van der Waals surface area contributed by atoms with Gasteiger partial charge in [-0.2, -0.15) is 0 Å². The van der Waals surface area contributed by atoms with Crippen LogP contribution in [0.25, 0.3) is 0 Å². The van der Waals surface area contributed by atoms with Crippen molar-refractivity contribution in [3.8, 4) is 0 Å². The van der Waals surface area contributed by atoms with Gasteiger partial charge in [0.25, 0.3) is 0 Å². The van der Waals surface area contributed by atoms with Crippen molar-refractivity contribution in [2.24, 2.45) is 0 Å². The van der Waals surface area contributed by atoms with E-state index in [0.29, 0.717) is 0 Å². The molecule has 110 valence electrons. The van der Waals surface area contributed by atoms with E-state index >= 15 is 0 Å². The normalized spacial score (nSPS) is 13.4. The van der Waals surface area contributed by atoms with E-state index in [0.717, 1.165) is 32.0 Å². The second-order valence-electron chi connectivity index (χ2n) is 3.49. The van der Waals surface area contributed by atoms with Crippen LogP contribution in [-0.2, 0) is 4.74 Å². The summed E-state index contributed by atoms with van der Waals surface area (Å²) >= 11 is 0. The van der Waals surface area contributed by atoms with E-state index in [-0.39, 0.29) is 42.9 Å². The number of nitrogens with zero attached hydrogens (tertiary/aromatic N) is 3. The van der Waals surface area contributed by atoms with Crippen molar-refractivity contribution in [1.82, 2.24) is 15.3 Å². The van der Waals surface area contributed by atoms with Crippen molar-refractivity contribution in [1.29, 1.82) is 0 Å². The molecule has 1 aromatic rings. The third-order valence-electron chi connectivity index (χ3n) is 2.47. The van der Waals surface area contributed by atoms with Gasteiger partial charge in [-0.25, -0.2) is 14.8 Å². The zero-order valence-corrected chi connectivity index (χ0v) is 12.8. The van der Waals surface area contributed by atoms with Gasteiger partial charge in [-0.1, -0.05) is 0 Å². The van der Waals surface area contributed by atoms with E-state index in [1.807, 2.05) is 0 Å². The number of carbonyl (C=O) groups excluding carboxylic acids is 1. The molecule has 0 radical (unpaired) electrons. The molecule has 6 nitrogen and oxygen atoms in total. The highest BCUT2D eigenvalue weighted by Gasteiger charge is 2.13. The van der Waals surface area contributed by atoms with Gasteiger partial charge in [0.15, 0.2) is 5.69 Å². The van der Waals surface area contributed by atoms with Crippen LogP contribution < -0.4 is 10.2 Å². The third-order valence-corrected chi connectivity index (χ3v) is 2.47. The number of hydrogen-bond acceptors (Lipinski definition) is 6. The SMILES string of the molecule is COC(=O)c1cnc(N2CCNCC2)cn1.Cl.Cl.Cl. The Kier molecular flexibility index (Phi) is 10.8. The predicted octanol–water partition coefficient (Wildman–Crippen LogP) is 0.938. The number of ether oxygens (including phenoxy) is 1. The van der Waals surface area contributed by atoms with Gasteiger partial charge in [-0.3, -0.25) is 0 Å². The fourth-order valence-corrected chi connectivity index (χ4v) is 1.59. The van der Waals surface area contributed by atoms with E-state index < -0.39 is 5.97 Å². The van der Waals surface area contributed by atoms with Crippen LogP contribution in [0.5, 0.6) is 0 Å². The molecule has 1 aromatic heterocycles. The maximum Gasteiger partial charge on any atom is 0.358 e. The molecule has 1 saturated heterocycles. The van der Waals surface area contributed by atoms with Gasteiger partial charge in [-0.05, 0) is 0 Å². The van der Waals surface area contributed by atoms with E-state index in [4.69, 9.17) is 0 Å². The van der Waals surface area contributed by atoms with Gasteiger partial charge in [-0.15, -0.1) is 37.2 Å². The molecule has 0 aliphatic carbocycles. The molecule has 2 heterocycles.